The second-order valence-corrected chi connectivity index (χ2v) is 4.21. The van der Waals surface area contributed by atoms with E-state index in [0.29, 0.717) is 5.92 Å². The minimum atomic E-state index is 0.0574. The van der Waals surface area contributed by atoms with Gasteiger partial charge in [0.15, 0.2) is 0 Å². The molecule has 0 radical (unpaired) electrons. The summed E-state index contributed by atoms with van der Waals surface area (Å²) in [6.45, 7) is 6.28. The van der Waals surface area contributed by atoms with E-state index in [1.54, 1.807) is 0 Å². The Bertz CT molecular complexity index is 284. The lowest BCUT2D eigenvalue weighted by atomic mass is 10.0. The third kappa shape index (κ3) is 4.25. The average Bonchev–Trinajstić information content (AvgIpc) is 2.19. The van der Waals surface area contributed by atoms with Crippen LogP contribution in [0.3, 0.4) is 0 Å². The number of rotatable bonds is 5. The number of nitrogens with zero attached hydrogens (tertiary/aromatic N) is 2. The Morgan fingerprint density at radius 3 is 2.53 bits per heavy atom. The van der Waals surface area contributed by atoms with Crippen LogP contribution in [0.1, 0.15) is 26.0 Å². The zero-order chi connectivity index (χ0) is 11.3. The van der Waals surface area contributed by atoms with Gasteiger partial charge in [-0.25, -0.2) is 0 Å². The largest absolute Gasteiger partial charge is 0.394 e. The predicted molar refractivity (Wildman–Crippen MR) is 60.7 cm³/mol. The Labute approximate surface area is 90.7 Å². The zero-order valence-corrected chi connectivity index (χ0v) is 9.57. The van der Waals surface area contributed by atoms with Gasteiger partial charge in [-0.1, -0.05) is 13.8 Å². The van der Waals surface area contributed by atoms with Crippen molar-refractivity contribution in [2.24, 2.45) is 5.92 Å². The molecule has 0 aliphatic rings. The third-order valence-electron chi connectivity index (χ3n) is 2.13. The van der Waals surface area contributed by atoms with E-state index in [0.717, 1.165) is 17.9 Å². The first-order valence-electron chi connectivity index (χ1n) is 5.29. The first-order chi connectivity index (χ1) is 7.11. The number of hydrogen-bond acceptors (Lipinski definition) is 4. The predicted octanol–water partition coefficient (Wildman–Crippen LogP) is 1.60. The maximum absolute atomic E-state index is 9.18. The maximum atomic E-state index is 9.18. The molecule has 1 unspecified atom stereocenters. The molecule has 0 saturated heterocycles. The molecule has 4 heteroatoms. The van der Waals surface area contributed by atoms with Gasteiger partial charge in [0, 0.05) is 0 Å². The summed E-state index contributed by atoms with van der Waals surface area (Å²) in [5, 5.41) is 20.3. The molecule has 0 saturated carbocycles. The molecule has 0 fully saturated rings. The van der Waals surface area contributed by atoms with Gasteiger partial charge < -0.3 is 10.4 Å². The minimum Gasteiger partial charge on any atom is -0.394 e. The number of aliphatic hydroxyl groups is 1. The van der Waals surface area contributed by atoms with E-state index in [4.69, 9.17) is 0 Å². The lowest BCUT2D eigenvalue weighted by Gasteiger charge is -2.18. The van der Waals surface area contributed by atoms with Crippen molar-refractivity contribution in [3.63, 3.8) is 0 Å². The number of aromatic nitrogens is 2. The van der Waals surface area contributed by atoms with E-state index in [-0.39, 0.29) is 12.6 Å². The monoisotopic (exact) mass is 209 g/mol. The summed E-state index contributed by atoms with van der Waals surface area (Å²) in [4.78, 5) is 0. The molecule has 1 heterocycles. The van der Waals surface area contributed by atoms with E-state index in [2.05, 4.69) is 29.4 Å². The Balaban J connectivity index is 2.54. The molecular weight excluding hydrogens is 190 g/mol. The molecule has 0 aromatic carbocycles. The quantitative estimate of drug-likeness (QED) is 0.773. The van der Waals surface area contributed by atoms with Crippen LogP contribution in [0, 0.1) is 12.8 Å². The molecule has 0 spiro atoms. The van der Waals surface area contributed by atoms with Crippen molar-refractivity contribution in [1.29, 1.82) is 0 Å². The highest BCUT2D eigenvalue weighted by atomic mass is 16.3. The second-order valence-electron chi connectivity index (χ2n) is 4.21. The Kier molecular flexibility index (Phi) is 4.49. The highest BCUT2D eigenvalue weighted by Gasteiger charge is 2.09. The van der Waals surface area contributed by atoms with Crippen LogP contribution in [0.4, 0.5) is 5.82 Å². The van der Waals surface area contributed by atoms with Crippen molar-refractivity contribution in [2.75, 3.05) is 11.9 Å². The van der Waals surface area contributed by atoms with E-state index < -0.39 is 0 Å². The van der Waals surface area contributed by atoms with Crippen molar-refractivity contribution in [3.8, 4) is 0 Å². The summed E-state index contributed by atoms with van der Waals surface area (Å²) in [6.07, 6.45) is 0.923. The topological polar surface area (TPSA) is 58.0 Å². The van der Waals surface area contributed by atoms with Crippen LogP contribution in [0.5, 0.6) is 0 Å². The van der Waals surface area contributed by atoms with Crippen molar-refractivity contribution in [1.82, 2.24) is 10.2 Å². The number of anilines is 1. The molecule has 4 nitrogen and oxygen atoms in total. The first kappa shape index (κ1) is 11.9. The number of aryl methyl sites for hydroxylation is 1. The summed E-state index contributed by atoms with van der Waals surface area (Å²) in [7, 11) is 0. The van der Waals surface area contributed by atoms with Crippen LogP contribution in [0.2, 0.25) is 0 Å². The molecule has 0 bridgehead atoms. The fraction of sp³-hybridized carbons (Fsp3) is 0.636. The van der Waals surface area contributed by atoms with Gasteiger partial charge in [0.1, 0.15) is 5.82 Å². The fourth-order valence-corrected chi connectivity index (χ4v) is 1.43. The first-order valence-corrected chi connectivity index (χ1v) is 5.29. The molecule has 0 amide bonds. The van der Waals surface area contributed by atoms with Crippen LogP contribution in [0.25, 0.3) is 0 Å². The molecule has 0 aliphatic carbocycles. The minimum absolute atomic E-state index is 0.0574. The normalized spacial score (nSPS) is 12.9. The number of nitrogens with one attached hydrogen (secondary N) is 1. The Morgan fingerprint density at radius 2 is 2.07 bits per heavy atom. The van der Waals surface area contributed by atoms with Crippen molar-refractivity contribution in [2.45, 2.75) is 33.2 Å². The number of aliphatic hydroxyl groups excluding tert-OH is 1. The van der Waals surface area contributed by atoms with Crippen LogP contribution in [-0.4, -0.2) is 28.0 Å². The summed E-state index contributed by atoms with van der Waals surface area (Å²) in [5.74, 6) is 1.27. The van der Waals surface area contributed by atoms with Gasteiger partial charge in [-0.3, -0.25) is 0 Å². The van der Waals surface area contributed by atoms with Crippen LogP contribution in [-0.2, 0) is 0 Å². The molecule has 1 rings (SSSR count). The van der Waals surface area contributed by atoms with Gasteiger partial charge in [0.2, 0.25) is 0 Å². The molecule has 1 atom stereocenters. The molecule has 2 N–H and O–H groups in total. The fourth-order valence-electron chi connectivity index (χ4n) is 1.43. The van der Waals surface area contributed by atoms with E-state index in [1.807, 2.05) is 19.1 Å². The van der Waals surface area contributed by atoms with E-state index in [9.17, 15) is 5.11 Å². The molecule has 15 heavy (non-hydrogen) atoms. The molecule has 1 aromatic heterocycles. The molecule has 1 aromatic rings. The summed E-state index contributed by atoms with van der Waals surface area (Å²) >= 11 is 0. The molecular formula is C11H19N3O. The summed E-state index contributed by atoms with van der Waals surface area (Å²) in [5.41, 5.74) is 0.893. The highest BCUT2D eigenvalue weighted by Crippen LogP contribution is 2.10. The van der Waals surface area contributed by atoms with E-state index in [1.165, 1.54) is 0 Å². The molecule has 84 valence electrons. The van der Waals surface area contributed by atoms with Crippen LogP contribution in [0.15, 0.2) is 12.1 Å². The zero-order valence-electron chi connectivity index (χ0n) is 9.57. The summed E-state index contributed by atoms with van der Waals surface area (Å²) in [6, 6.07) is 3.84. The van der Waals surface area contributed by atoms with Gasteiger partial charge in [-0.2, -0.15) is 5.10 Å². The van der Waals surface area contributed by atoms with Crippen LogP contribution < -0.4 is 5.32 Å². The standard InChI is InChI=1S/C11H19N3O/c1-8(2)6-10(7-15)12-11-5-4-9(3)13-14-11/h4-5,8,10,15H,6-7H2,1-3H3,(H,12,14). The van der Waals surface area contributed by atoms with Crippen molar-refractivity contribution in [3.05, 3.63) is 17.8 Å². The summed E-state index contributed by atoms with van der Waals surface area (Å²) < 4.78 is 0. The SMILES string of the molecule is Cc1ccc(NC(CO)CC(C)C)nn1. The van der Waals surface area contributed by atoms with Gasteiger partial charge in [0.05, 0.1) is 18.3 Å². The van der Waals surface area contributed by atoms with E-state index >= 15 is 0 Å². The second kappa shape index (κ2) is 5.66. The lowest BCUT2D eigenvalue weighted by molar-refractivity contribution is 0.259. The number of hydrogen-bond donors (Lipinski definition) is 2. The van der Waals surface area contributed by atoms with Gasteiger partial charge in [-0.05, 0) is 31.4 Å². The van der Waals surface area contributed by atoms with Gasteiger partial charge in [0.25, 0.3) is 0 Å². The maximum Gasteiger partial charge on any atom is 0.148 e. The van der Waals surface area contributed by atoms with Crippen LogP contribution >= 0.6 is 0 Å². The van der Waals surface area contributed by atoms with Crippen molar-refractivity contribution >= 4 is 5.82 Å². The van der Waals surface area contributed by atoms with Gasteiger partial charge >= 0.3 is 0 Å². The van der Waals surface area contributed by atoms with Gasteiger partial charge in [-0.15, -0.1) is 5.10 Å². The average molecular weight is 209 g/mol. The third-order valence-corrected chi connectivity index (χ3v) is 2.13. The lowest BCUT2D eigenvalue weighted by Crippen LogP contribution is -2.26. The smallest absolute Gasteiger partial charge is 0.148 e. The Morgan fingerprint density at radius 1 is 1.33 bits per heavy atom. The highest BCUT2D eigenvalue weighted by molar-refractivity contribution is 5.34. The Hall–Kier alpha value is -1.16. The van der Waals surface area contributed by atoms with Crippen molar-refractivity contribution < 1.29 is 5.11 Å². The molecule has 0 aliphatic heterocycles.